The van der Waals surface area contributed by atoms with Crippen molar-refractivity contribution >= 4 is 59.8 Å². The molecule has 0 amide bonds. The SMILES string of the molecule is O=CCNc1c(Br)cc(Br)cc1Br. The smallest absolute Gasteiger partial charge is 0.139 e. The average Bonchev–Trinajstić information content (AvgIpc) is 2.02. The van der Waals surface area contributed by atoms with Crippen LogP contribution in [0.15, 0.2) is 25.6 Å². The zero-order chi connectivity index (χ0) is 9.84. The Kier molecular flexibility index (Phi) is 4.41. The summed E-state index contributed by atoms with van der Waals surface area (Å²) in [5.74, 6) is 0. The Bertz CT molecular complexity index is 304. The van der Waals surface area contributed by atoms with E-state index in [1.807, 2.05) is 12.1 Å². The summed E-state index contributed by atoms with van der Waals surface area (Å²) in [4.78, 5) is 10.2. The van der Waals surface area contributed by atoms with Gasteiger partial charge in [-0.25, -0.2) is 0 Å². The molecule has 0 fully saturated rings. The van der Waals surface area contributed by atoms with E-state index in [1.165, 1.54) is 0 Å². The first-order valence-corrected chi connectivity index (χ1v) is 5.85. The van der Waals surface area contributed by atoms with Crippen molar-refractivity contribution in [2.24, 2.45) is 0 Å². The molecule has 70 valence electrons. The lowest BCUT2D eigenvalue weighted by atomic mass is 10.3. The maximum Gasteiger partial charge on any atom is 0.139 e. The van der Waals surface area contributed by atoms with Crippen molar-refractivity contribution in [2.75, 3.05) is 11.9 Å². The van der Waals surface area contributed by atoms with Crippen LogP contribution in [0.3, 0.4) is 0 Å². The van der Waals surface area contributed by atoms with Gasteiger partial charge in [-0.2, -0.15) is 0 Å². The Hall–Kier alpha value is 0.130. The molecule has 0 spiro atoms. The van der Waals surface area contributed by atoms with Gasteiger partial charge in [-0.1, -0.05) is 15.9 Å². The van der Waals surface area contributed by atoms with Crippen LogP contribution in [0.2, 0.25) is 0 Å². The summed E-state index contributed by atoms with van der Waals surface area (Å²) in [6, 6.07) is 3.83. The molecule has 5 heteroatoms. The first kappa shape index (κ1) is 11.2. The minimum absolute atomic E-state index is 0.304. The summed E-state index contributed by atoms with van der Waals surface area (Å²) < 4.78 is 2.80. The highest BCUT2D eigenvalue weighted by atomic mass is 79.9. The third-order valence-electron chi connectivity index (χ3n) is 1.37. The van der Waals surface area contributed by atoms with Gasteiger partial charge < -0.3 is 10.1 Å². The number of carbonyl (C=O) groups is 1. The Balaban J connectivity index is 2.98. The van der Waals surface area contributed by atoms with E-state index in [0.717, 1.165) is 25.4 Å². The van der Waals surface area contributed by atoms with Crippen molar-refractivity contribution in [3.8, 4) is 0 Å². The van der Waals surface area contributed by atoms with Gasteiger partial charge in [-0.15, -0.1) is 0 Å². The monoisotopic (exact) mass is 369 g/mol. The van der Waals surface area contributed by atoms with Gasteiger partial charge in [0.25, 0.3) is 0 Å². The first-order valence-electron chi connectivity index (χ1n) is 3.47. The molecular formula is C8H6Br3NO. The molecule has 0 bridgehead atoms. The van der Waals surface area contributed by atoms with E-state index in [1.54, 1.807) is 0 Å². The number of nitrogens with one attached hydrogen (secondary N) is 1. The second kappa shape index (κ2) is 5.12. The molecular weight excluding hydrogens is 366 g/mol. The summed E-state index contributed by atoms with van der Waals surface area (Å²) in [5.41, 5.74) is 0.885. The van der Waals surface area contributed by atoms with Crippen LogP contribution in [0.5, 0.6) is 0 Å². The van der Waals surface area contributed by atoms with E-state index in [9.17, 15) is 4.79 Å². The summed E-state index contributed by atoms with van der Waals surface area (Å²) in [5, 5.41) is 2.98. The summed E-state index contributed by atoms with van der Waals surface area (Å²) in [6.07, 6.45) is 0.820. The van der Waals surface area contributed by atoms with Crippen molar-refractivity contribution in [1.82, 2.24) is 0 Å². The van der Waals surface area contributed by atoms with E-state index in [0.29, 0.717) is 6.54 Å². The minimum Gasteiger partial charge on any atom is -0.376 e. The number of carbonyl (C=O) groups excluding carboxylic acids is 1. The van der Waals surface area contributed by atoms with Crippen LogP contribution in [-0.2, 0) is 4.79 Å². The third kappa shape index (κ3) is 3.07. The topological polar surface area (TPSA) is 29.1 Å². The maximum absolute atomic E-state index is 10.2. The molecule has 0 unspecified atom stereocenters. The van der Waals surface area contributed by atoms with Gasteiger partial charge in [0.2, 0.25) is 0 Å². The average molecular weight is 372 g/mol. The molecule has 1 aromatic rings. The second-order valence-electron chi connectivity index (χ2n) is 2.29. The summed E-state index contributed by atoms with van der Waals surface area (Å²) in [6.45, 7) is 0.304. The third-order valence-corrected chi connectivity index (χ3v) is 3.08. The number of rotatable bonds is 3. The van der Waals surface area contributed by atoms with Crippen molar-refractivity contribution in [1.29, 1.82) is 0 Å². The maximum atomic E-state index is 10.2. The minimum atomic E-state index is 0.304. The van der Waals surface area contributed by atoms with Crippen LogP contribution in [-0.4, -0.2) is 12.8 Å². The molecule has 0 radical (unpaired) electrons. The Morgan fingerprint density at radius 2 is 1.77 bits per heavy atom. The van der Waals surface area contributed by atoms with Gasteiger partial charge in [0.15, 0.2) is 0 Å². The molecule has 13 heavy (non-hydrogen) atoms. The molecule has 1 rings (SSSR count). The molecule has 2 nitrogen and oxygen atoms in total. The largest absolute Gasteiger partial charge is 0.376 e. The predicted octanol–water partition coefficient (Wildman–Crippen LogP) is 3.58. The van der Waals surface area contributed by atoms with Gasteiger partial charge in [0.1, 0.15) is 6.29 Å². The van der Waals surface area contributed by atoms with Crippen molar-refractivity contribution in [2.45, 2.75) is 0 Å². The fourth-order valence-corrected chi connectivity index (χ4v) is 3.39. The van der Waals surface area contributed by atoms with Gasteiger partial charge in [0, 0.05) is 13.4 Å². The molecule has 1 aromatic carbocycles. The number of anilines is 1. The molecule has 0 aliphatic carbocycles. The van der Waals surface area contributed by atoms with E-state index >= 15 is 0 Å². The first-order chi connectivity index (χ1) is 6.15. The number of hydrogen-bond donors (Lipinski definition) is 1. The highest BCUT2D eigenvalue weighted by Crippen LogP contribution is 2.33. The Morgan fingerprint density at radius 1 is 1.23 bits per heavy atom. The molecule has 0 heterocycles. The van der Waals surface area contributed by atoms with Crippen LogP contribution in [0.1, 0.15) is 0 Å². The standard InChI is InChI=1S/C8H6Br3NO/c9-5-3-6(10)8(7(11)4-5)12-1-2-13/h2-4,12H,1H2. The molecule has 0 atom stereocenters. The van der Waals surface area contributed by atoms with E-state index in [2.05, 4.69) is 53.1 Å². The summed E-state index contributed by atoms with van der Waals surface area (Å²) in [7, 11) is 0. The second-order valence-corrected chi connectivity index (χ2v) is 4.92. The molecule has 0 aromatic heterocycles. The van der Waals surface area contributed by atoms with Crippen LogP contribution in [0.4, 0.5) is 5.69 Å². The highest BCUT2D eigenvalue weighted by molar-refractivity contribution is 9.11. The van der Waals surface area contributed by atoms with Crippen molar-refractivity contribution < 1.29 is 4.79 Å². The molecule has 1 N–H and O–H groups in total. The van der Waals surface area contributed by atoms with Gasteiger partial charge >= 0.3 is 0 Å². The van der Waals surface area contributed by atoms with Crippen molar-refractivity contribution in [3.63, 3.8) is 0 Å². The lowest BCUT2D eigenvalue weighted by Gasteiger charge is -2.08. The summed E-state index contributed by atoms with van der Waals surface area (Å²) >= 11 is 10.1. The lowest BCUT2D eigenvalue weighted by Crippen LogP contribution is -2.03. The predicted molar refractivity (Wildman–Crippen MR) is 64.1 cm³/mol. The zero-order valence-electron chi connectivity index (χ0n) is 6.48. The van der Waals surface area contributed by atoms with Crippen LogP contribution >= 0.6 is 47.8 Å². The van der Waals surface area contributed by atoms with Crippen LogP contribution < -0.4 is 5.32 Å². The number of benzene rings is 1. The molecule has 0 aliphatic heterocycles. The zero-order valence-corrected chi connectivity index (χ0v) is 11.2. The number of hydrogen-bond acceptors (Lipinski definition) is 2. The van der Waals surface area contributed by atoms with Crippen LogP contribution in [0.25, 0.3) is 0 Å². The quantitative estimate of drug-likeness (QED) is 0.823. The fraction of sp³-hybridized carbons (Fsp3) is 0.125. The molecule has 0 saturated heterocycles. The van der Waals surface area contributed by atoms with Crippen LogP contribution in [0, 0.1) is 0 Å². The fourth-order valence-electron chi connectivity index (χ4n) is 0.855. The van der Waals surface area contributed by atoms with Gasteiger partial charge in [0.05, 0.1) is 12.2 Å². The molecule has 0 saturated carbocycles. The lowest BCUT2D eigenvalue weighted by molar-refractivity contribution is -0.106. The van der Waals surface area contributed by atoms with E-state index in [-0.39, 0.29) is 0 Å². The number of aldehydes is 1. The number of halogens is 3. The normalized spacial score (nSPS) is 9.77. The van der Waals surface area contributed by atoms with Gasteiger partial charge in [-0.05, 0) is 44.0 Å². The van der Waals surface area contributed by atoms with Gasteiger partial charge in [-0.3, -0.25) is 0 Å². The van der Waals surface area contributed by atoms with E-state index < -0.39 is 0 Å². The Morgan fingerprint density at radius 3 is 2.23 bits per heavy atom. The molecule has 0 aliphatic rings. The highest BCUT2D eigenvalue weighted by Gasteiger charge is 2.05. The van der Waals surface area contributed by atoms with Crippen molar-refractivity contribution in [3.05, 3.63) is 25.6 Å². The Labute approximate surface area is 101 Å². The van der Waals surface area contributed by atoms with E-state index in [4.69, 9.17) is 0 Å².